The summed E-state index contributed by atoms with van der Waals surface area (Å²) in [6.45, 7) is 7.63. The predicted octanol–water partition coefficient (Wildman–Crippen LogP) is 2.60. The van der Waals surface area contributed by atoms with E-state index >= 15 is 0 Å². The second kappa shape index (κ2) is 11.9. The third kappa shape index (κ3) is 8.71. The van der Waals surface area contributed by atoms with Crippen LogP contribution in [0.4, 0.5) is 0 Å². The van der Waals surface area contributed by atoms with Crippen LogP contribution >= 0.6 is 0 Å². The van der Waals surface area contributed by atoms with E-state index in [9.17, 15) is 8.42 Å². The molecule has 0 aromatic carbocycles. The number of hydrogen-bond acceptors (Lipinski definition) is 5. The summed E-state index contributed by atoms with van der Waals surface area (Å²) in [5.74, 6) is 3.02. The molecule has 0 aromatic rings. The summed E-state index contributed by atoms with van der Waals surface area (Å²) >= 11 is 0. The number of nitrogens with two attached hydrogens (primary N) is 1. The lowest BCUT2D eigenvalue weighted by molar-refractivity contribution is 0.678. The van der Waals surface area contributed by atoms with Crippen LogP contribution < -0.4 is 5.73 Å². The van der Waals surface area contributed by atoms with Crippen LogP contribution in [0.5, 0.6) is 0 Å². The van der Waals surface area contributed by atoms with Crippen molar-refractivity contribution < 1.29 is 8.42 Å². The maximum absolute atomic E-state index is 11.5. The van der Waals surface area contributed by atoms with Crippen LogP contribution in [0.1, 0.15) is 40.5 Å². The van der Waals surface area contributed by atoms with E-state index in [-0.39, 0.29) is 21.5 Å². The molecule has 2 fully saturated rings. The molecular weight excluding hydrogens is 320 g/mol. The Hall–Kier alpha value is -0.650. The summed E-state index contributed by atoms with van der Waals surface area (Å²) in [5.41, 5.74) is 5.25. The van der Waals surface area contributed by atoms with Crippen molar-refractivity contribution in [3.05, 3.63) is 11.4 Å². The Bertz CT molecular complexity index is 542. The van der Waals surface area contributed by atoms with Crippen LogP contribution in [0.25, 0.3) is 4.85 Å². The summed E-state index contributed by atoms with van der Waals surface area (Å²) in [6, 6.07) is 0. The Kier molecular flexibility index (Phi) is 12.7. The molecule has 2 aliphatic heterocycles. The van der Waals surface area contributed by atoms with E-state index in [1.165, 1.54) is 0 Å². The minimum absolute atomic E-state index is 0. The van der Waals surface area contributed by atoms with Gasteiger partial charge in [0.15, 0.2) is 0 Å². The van der Waals surface area contributed by atoms with E-state index in [2.05, 4.69) is 13.6 Å². The SMILES string of the molecule is C.C.NCCN=S1(=O)CCCC1.[C-]#[N+]CN=S1(=O)CCCC1. The standard InChI is InChI=1S/C6H10N2OS.C6H14N2OS.2CH4/c1-7-6-8-10(9)4-2-3-5-10;7-3-4-8-10(9)5-1-2-6-10;;/h2-6H2;1-7H2;2*1H4. The topological polar surface area (TPSA) is 89.2 Å². The van der Waals surface area contributed by atoms with E-state index < -0.39 is 19.5 Å². The normalized spacial score (nSPS) is 20.4. The fourth-order valence-electron chi connectivity index (χ4n) is 2.13. The molecule has 22 heavy (non-hydrogen) atoms. The average molecular weight is 353 g/mol. The van der Waals surface area contributed by atoms with Gasteiger partial charge in [-0.25, -0.2) is 19.4 Å². The van der Waals surface area contributed by atoms with Crippen LogP contribution in [-0.2, 0) is 19.5 Å². The number of rotatable bonds is 3. The monoisotopic (exact) mass is 352 g/mol. The van der Waals surface area contributed by atoms with Gasteiger partial charge in [-0.3, -0.25) is 4.85 Å². The Morgan fingerprint density at radius 2 is 1.32 bits per heavy atom. The quantitative estimate of drug-likeness (QED) is 0.792. The van der Waals surface area contributed by atoms with Crippen molar-refractivity contribution >= 4 is 19.5 Å². The molecule has 2 rings (SSSR count). The lowest BCUT2D eigenvalue weighted by atomic mass is 10.4. The van der Waals surface area contributed by atoms with E-state index in [4.69, 9.17) is 12.3 Å². The van der Waals surface area contributed by atoms with Crippen molar-refractivity contribution in [2.24, 2.45) is 14.5 Å². The first-order valence-corrected chi connectivity index (χ1v) is 10.6. The van der Waals surface area contributed by atoms with Crippen molar-refractivity contribution in [3.8, 4) is 0 Å². The molecule has 2 saturated heterocycles. The van der Waals surface area contributed by atoms with Crippen molar-refractivity contribution in [1.29, 1.82) is 0 Å². The zero-order chi connectivity index (χ0) is 14.9. The van der Waals surface area contributed by atoms with Gasteiger partial charge in [-0.15, -0.1) is 0 Å². The summed E-state index contributed by atoms with van der Waals surface area (Å²) in [4.78, 5) is 3.05. The van der Waals surface area contributed by atoms with Crippen molar-refractivity contribution in [3.63, 3.8) is 0 Å². The van der Waals surface area contributed by atoms with Gasteiger partial charge < -0.3 is 5.73 Å². The first-order chi connectivity index (χ1) is 9.54. The third-order valence-corrected chi connectivity index (χ3v) is 8.12. The van der Waals surface area contributed by atoms with Crippen LogP contribution in [0.15, 0.2) is 8.73 Å². The molecular formula is C14H32N4O2S2. The van der Waals surface area contributed by atoms with Gasteiger partial charge in [-0.1, -0.05) is 14.9 Å². The zero-order valence-corrected chi connectivity index (χ0v) is 13.5. The molecule has 0 atom stereocenters. The molecule has 132 valence electrons. The van der Waals surface area contributed by atoms with Gasteiger partial charge in [0, 0.05) is 39.3 Å². The highest BCUT2D eigenvalue weighted by molar-refractivity contribution is 7.94. The highest BCUT2D eigenvalue weighted by Gasteiger charge is 2.16. The molecule has 0 amide bonds. The molecule has 2 heterocycles. The van der Waals surface area contributed by atoms with Crippen LogP contribution in [0.3, 0.4) is 0 Å². The van der Waals surface area contributed by atoms with Gasteiger partial charge in [0.25, 0.3) is 0 Å². The van der Waals surface area contributed by atoms with Crippen molar-refractivity contribution in [1.82, 2.24) is 0 Å². The highest BCUT2D eigenvalue weighted by Crippen LogP contribution is 2.13. The van der Waals surface area contributed by atoms with E-state index in [0.717, 1.165) is 37.2 Å². The lowest BCUT2D eigenvalue weighted by Crippen LogP contribution is -2.07. The maximum Gasteiger partial charge on any atom is 0.313 e. The van der Waals surface area contributed by atoms with Gasteiger partial charge in [0.1, 0.15) is 0 Å². The first kappa shape index (κ1) is 23.6. The molecule has 0 aliphatic carbocycles. The first-order valence-electron chi connectivity index (χ1n) is 6.93. The summed E-state index contributed by atoms with van der Waals surface area (Å²) in [7, 11) is -3.68. The van der Waals surface area contributed by atoms with Gasteiger partial charge in [-0.2, -0.15) is 4.36 Å². The molecule has 0 bridgehead atoms. The van der Waals surface area contributed by atoms with Crippen molar-refractivity contribution in [2.75, 3.05) is 42.8 Å². The molecule has 2 N–H and O–H groups in total. The Balaban J connectivity index is 0. The Labute approximate surface area is 137 Å². The van der Waals surface area contributed by atoms with Crippen LogP contribution in [0.2, 0.25) is 0 Å². The van der Waals surface area contributed by atoms with E-state index in [1.54, 1.807) is 0 Å². The van der Waals surface area contributed by atoms with Gasteiger partial charge in [0.05, 0.1) is 16.3 Å². The van der Waals surface area contributed by atoms with Gasteiger partial charge >= 0.3 is 6.67 Å². The molecule has 0 radical (unpaired) electrons. The molecule has 8 heteroatoms. The number of nitrogens with zero attached hydrogens (tertiary/aromatic N) is 3. The third-order valence-electron chi connectivity index (χ3n) is 3.17. The van der Waals surface area contributed by atoms with E-state index in [1.807, 2.05) is 0 Å². The van der Waals surface area contributed by atoms with Gasteiger partial charge in [-0.05, 0) is 25.7 Å². The molecule has 2 aliphatic rings. The van der Waals surface area contributed by atoms with Crippen LogP contribution in [0, 0.1) is 6.57 Å². The predicted molar refractivity (Wildman–Crippen MR) is 97.9 cm³/mol. The summed E-state index contributed by atoms with van der Waals surface area (Å²) in [6.07, 6.45) is 4.18. The second-order valence-corrected chi connectivity index (χ2v) is 10.1. The summed E-state index contributed by atoms with van der Waals surface area (Å²) in [5, 5.41) is 0. The fraction of sp³-hybridized carbons (Fsp3) is 0.929. The molecule has 0 aromatic heterocycles. The molecule has 6 nitrogen and oxygen atoms in total. The second-order valence-electron chi connectivity index (χ2n) is 4.85. The zero-order valence-electron chi connectivity index (χ0n) is 11.8. The van der Waals surface area contributed by atoms with Crippen molar-refractivity contribution in [2.45, 2.75) is 40.5 Å². The number of hydrogen-bond donors (Lipinski definition) is 1. The Morgan fingerprint density at radius 1 is 0.909 bits per heavy atom. The highest BCUT2D eigenvalue weighted by atomic mass is 32.2. The molecule has 0 saturated carbocycles. The van der Waals surface area contributed by atoms with Crippen LogP contribution in [-0.4, -0.2) is 51.2 Å². The minimum Gasteiger partial charge on any atom is -0.329 e. The van der Waals surface area contributed by atoms with Gasteiger partial charge in [0.2, 0.25) is 0 Å². The Morgan fingerprint density at radius 3 is 1.68 bits per heavy atom. The van der Waals surface area contributed by atoms with E-state index in [0.29, 0.717) is 24.6 Å². The maximum atomic E-state index is 11.5. The largest absolute Gasteiger partial charge is 0.329 e. The molecule has 0 spiro atoms. The average Bonchev–Trinajstić information content (AvgIpc) is 3.05. The smallest absolute Gasteiger partial charge is 0.313 e. The minimum atomic E-state index is -1.90. The fourth-order valence-corrected chi connectivity index (χ4v) is 6.38. The summed E-state index contributed by atoms with van der Waals surface area (Å²) < 4.78 is 30.9. The lowest BCUT2D eigenvalue weighted by Gasteiger charge is -1.97. The molecule has 0 unspecified atom stereocenters.